The summed E-state index contributed by atoms with van der Waals surface area (Å²) in [6, 6.07) is 9.93. The lowest BCUT2D eigenvalue weighted by Gasteiger charge is -2.15. The van der Waals surface area contributed by atoms with Gasteiger partial charge in [0.25, 0.3) is 0 Å². The largest absolute Gasteiger partial charge is 0.342 e. The monoisotopic (exact) mass is 372 g/mol. The Morgan fingerprint density at radius 2 is 1.82 bits per heavy atom. The van der Waals surface area contributed by atoms with Gasteiger partial charge in [0.1, 0.15) is 5.82 Å². The van der Waals surface area contributed by atoms with Crippen LogP contribution in [0.4, 0.5) is 0 Å². The summed E-state index contributed by atoms with van der Waals surface area (Å²) in [7, 11) is 0. The molecule has 4 heterocycles. The number of carbonyl (C=O) groups excluding carboxylic acids is 1. The Morgan fingerprint density at radius 1 is 1.00 bits per heavy atom. The molecule has 0 aliphatic carbocycles. The van der Waals surface area contributed by atoms with E-state index in [1.165, 1.54) is 0 Å². The molecule has 1 fully saturated rings. The lowest BCUT2D eigenvalue weighted by Crippen LogP contribution is -2.29. The lowest BCUT2D eigenvalue weighted by molar-refractivity contribution is -0.129. The number of nitrogens with zero attached hydrogens (tertiary/aromatic N) is 6. The van der Waals surface area contributed by atoms with Gasteiger partial charge in [0.15, 0.2) is 5.65 Å². The molecule has 0 unspecified atom stereocenters. The van der Waals surface area contributed by atoms with Gasteiger partial charge in [0.2, 0.25) is 5.91 Å². The molecule has 1 aromatic carbocycles. The van der Waals surface area contributed by atoms with E-state index in [4.69, 9.17) is 0 Å². The second kappa shape index (κ2) is 6.92. The Hall–Kier alpha value is -3.48. The third kappa shape index (κ3) is 2.94. The number of rotatable bonds is 4. The lowest BCUT2D eigenvalue weighted by atomic mass is 10.1. The van der Waals surface area contributed by atoms with Crippen molar-refractivity contribution in [3.8, 4) is 17.1 Å². The smallest absolute Gasteiger partial charge is 0.226 e. The fourth-order valence-electron chi connectivity index (χ4n) is 3.72. The van der Waals surface area contributed by atoms with Crippen LogP contribution in [0.2, 0.25) is 0 Å². The molecule has 1 aliphatic rings. The van der Waals surface area contributed by atoms with Gasteiger partial charge in [0.05, 0.1) is 18.2 Å². The fraction of sp³-hybridized carbons (Fsp3) is 0.238. The van der Waals surface area contributed by atoms with E-state index in [9.17, 15) is 4.79 Å². The van der Waals surface area contributed by atoms with E-state index in [0.717, 1.165) is 54.2 Å². The van der Waals surface area contributed by atoms with E-state index in [2.05, 4.69) is 15.1 Å². The number of amides is 1. The minimum Gasteiger partial charge on any atom is -0.342 e. The molecule has 7 heteroatoms. The molecule has 28 heavy (non-hydrogen) atoms. The fourth-order valence-corrected chi connectivity index (χ4v) is 3.72. The third-order valence-corrected chi connectivity index (χ3v) is 5.19. The van der Waals surface area contributed by atoms with Gasteiger partial charge >= 0.3 is 0 Å². The van der Waals surface area contributed by atoms with Gasteiger partial charge in [-0.3, -0.25) is 9.36 Å². The summed E-state index contributed by atoms with van der Waals surface area (Å²) in [4.78, 5) is 23.3. The molecule has 4 aromatic rings. The number of likely N-dealkylation sites (tertiary alicyclic amines) is 1. The zero-order chi connectivity index (χ0) is 18.9. The van der Waals surface area contributed by atoms with Crippen molar-refractivity contribution >= 4 is 11.6 Å². The number of imidazole rings is 1. The van der Waals surface area contributed by atoms with Crippen LogP contribution in [-0.4, -0.2) is 48.0 Å². The van der Waals surface area contributed by atoms with Crippen molar-refractivity contribution in [3.63, 3.8) is 0 Å². The van der Waals surface area contributed by atoms with Crippen LogP contribution in [0.25, 0.3) is 22.7 Å². The molecule has 1 saturated heterocycles. The number of fused-ring (bicyclic) bond motifs is 1. The predicted molar refractivity (Wildman–Crippen MR) is 105 cm³/mol. The molecule has 0 bridgehead atoms. The number of benzene rings is 1. The molecule has 1 amide bonds. The molecule has 0 radical (unpaired) electrons. The van der Waals surface area contributed by atoms with Crippen molar-refractivity contribution in [1.29, 1.82) is 0 Å². The van der Waals surface area contributed by atoms with Gasteiger partial charge in [0, 0.05) is 43.6 Å². The van der Waals surface area contributed by atoms with E-state index < -0.39 is 0 Å². The highest BCUT2D eigenvalue weighted by Gasteiger charge is 2.18. The van der Waals surface area contributed by atoms with Gasteiger partial charge in [-0.05, 0) is 36.6 Å². The summed E-state index contributed by atoms with van der Waals surface area (Å²) >= 11 is 0. The summed E-state index contributed by atoms with van der Waals surface area (Å²) in [5, 5.41) is 4.35. The zero-order valence-corrected chi connectivity index (χ0v) is 15.4. The molecule has 3 aromatic heterocycles. The minimum absolute atomic E-state index is 0.214. The molecule has 7 nitrogen and oxygen atoms in total. The highest BCUT2D eigenvalue weighted by atomic mass is 16.2. The molecule has 0 atom stereocenters. The highest BCUT2D eigenvalue weighted by Crippen LogP contribution is 2.24. The Labute approximate surface area is 162 Å². The maximum absolute atomic E-state index is 12.4. The van der Waals surface area contributed by atoms with Gasteiger partial charge in [-0.2, -0.15) is 5.10 Å². The normalized spacial score (nSPS) is 14.1. The Morgan fingerprint density at radius 3 is 2.64 bits per heavy atom. The molecule has 0 spiro atoms. The Kier molecular flexibility index (Phi) is 4.12. The molecule has 5 rings (SSSR count). The van der Waals surface area contributed by atoms with Gasteiger partial charge < -0.3 is 4.90 Å². The van der Waals surface area contributed by atoms with Crippen molar-refractivity contribution in [1.82, 2.24) is 29.0 Å². The van der Waals surface area contributed by atoms with Crippen LogP contribution in [0.15, 0.2) is 61.3 Å². The summed E-state index contributed by atoms with van der Waals surface area (Å²) in [5.41, 5.74) is 3.65. The maximum atomic E-state index is 12.4. The van der Waals surface area contributed by atoms with Crippen LogP contribution in [0, 0.1) is 0 Å². The summed E-state index contributed by atoms with van der Waals surface area (Å²) < 4.78 is 3.75. The summed E-state index contributed by atoms with van der Waals surface area (Å²) in [6.45, 7) is 1.78. The molecule has 0 N–H and O–H groups in total. The van der Waals surface area contributed by atoms with E-state index >= 15 is 0 Å². The minimum atomic E-state index is 0.214. The van der Waals surface area contributed by atoms with Crippen molar-refractivity contribution < 1.29 is 4.79 Å². The number of aromatic nitrogens is 5. The number of carbonyl (C=O) groups is 1. The summed E-state index contributed by atoms with van der Waals surface area (Å²) in [6.07, 6.45) is 11.8. The van der Waals surface area contributed by atoms with E-state index in [-0.39, 0.29) is 5.91 Å². The molecule has 0 saturated carbocycles. The Balaban J connectivity index is 1.42. The maximum Gasteiger partial charge on any atom is 0.226 e. The topological polar surface area (TPSA) is 68.3 Å². The molecule has 140 valence electrons. The van der Waals surface area contributed by atoms with Crippen LogP contribution in [-0.2, 0) is 11.2 Å². The quantitative estimate of drug-likeness (QED) is 0.552. The molecular formula is C21H20N6O. The van der Waals surface area contributed by atoms with E-state index in [1.54, 1.807) is 23.1 Å². The van der Waals surface area contributed by atoms with Crippen LogP contribution in [0.5, 0.6) is 0 Å². The zero-order valence-electron chi connectivity index (χ0n) is 15.4. The SMILES string of the molecule is O=C(Cc1ccc(-n2ccnc2-c2cnn3cccnc23)cc1)N1CCCC1. The van der Waals surface area contributed by atoms with Crippen molar-refractivity contribution in [2.24, 2.45) is 0 Å². The van der Waals surface area contributed by atoms with Crippen LogP contribution in [0.3, 0.4) is 0 Å². The van der Waals surface area contributed by atoms with Crippen LogP contribution < -0.4 is 0 Å². The highest BCUT2D eigenvalue weighted by molar-refractivity contribution is 5.79. The van der Waals surface area contributed by atoms with E-state index in [1.807, 2.05) is 52.2 Å². The first-order chi connectivity index (χ1) is 13.8. The average molecular weight is 372 g/mol. The van der Waals surface area contributed by atoms with Gasteiger partial charge in [-0.25, -0.2) is 14.5 Å². The molecule has 1 aliphatic heterocycles. The van der Waals surface area contributed by atoms with Crippen LogP contribution in [0.1, 0.15) is 18.4 Å². The average Bonchev–Trinajstić information content (AvgIpc) is 3.48. The first-order valence-corrected chi connectivity index (χ1v) is 9.49. The summed E-state index contributed by atoms with van der Waals surface area (Å²) in [5.74, 6) is 1.00. The number of hydrogen-bond donors (Lipinski definition) is 0. The second-order valence-corrected chi connectivity index (χ2v) is 7.00. The third-order valence-electron chi connectivity index (χ3n) is 5.19. The predicted octanol–water partition coefficient (Wildman–Crippen LogP) is 2.75. The van der Waals surface area contributed by atoms with Crippen LogP contribution >= 0.6 is 0 Å². The molecular weight excluding hydrogens is 352 g/mol. The number of hydrogen-bond acceptors (Lipinski definition) is 4. The van der Waals surface area contributed by atoms with Crippen molar-refractivity contribution in [2.75, 3.05) is 13.1 Å². The first-order valence-electron chi connectivity index (χ1n) is 9.49. The van der Waals surface area contributed by atoms with Crippen molar-refractivity contribution in [3.05, 3.63) is 66.9 Å². The van der Waals surface area contributed by atoms with E-state index in [0.29, 0.717) is 6.42 Å². The first kappa shape index (κ1) is 16.7. The van der Waals surface area contributed by atoms with Gasteiger partial charge in [-0.1, -0.05) is 12.1 Å². The Bertz CT molecular complexity index is 1120. The van der Waals surface area contributed by atoms with Gasteiger partial charge in [-0.15, -0.1) is 0 Å². The standard InChI is InChI=1S/C21H20N6O/c28-19(25-10-1-2-11-25)14-16-4-6-17(7-5-16)26-13-9-23-20(26)18-15-24-27-12-3-8-22-21(18)27/h3-9,12-13,15H,1-2,10-11,14H2. The second-order valence-electron chi connectivity index (χ2n) is 7.00. The van der Waals surface area contributed by atoms with Crippen molar-refractivity contribution in [2.45, 2.75) is 19.3 Å².